The molecular weight excluding hydrogens is 147 g/mol. The van der Waals surface area contributed by atoms with Gasteiger partial charge in [-0.15, -0.1) is 0 Å². The molecule has 5 heteroatoms. The van der Waals surface area contributed by atoms with Crippen LogP contribution < -0.4 is 0 Å². The minimum Gasteiger partial charge on any atom is -0.353 e. The Balaban J connectivity index is 2.70. The minimum atomic E-state index is -1.44. The number of nitrogens with zero attached hydrogens (tertiary/aromatic N) is 2. The van der Waals surface area contributed by atoms with Gasteiger partial charge in [0.15, 0.2) is 0 Å². The Morgan fingerprint density at radius 3 is 3.00 bits per heavy atom. The summed E-state index contributed by atoms with van der Waals surface area (Å²) in [4.78, 5) is 3.27. The third kappa shape index (κ3) is 1.40. The van der Waals surface area contributed by atoms with E-state index in [-0.39, 0.29) is 10.2 Å². The van der Waals surface area contributed by atoms with Crippen molar-refractivity contribution in [1.82, 2.24) is 5.12 Å². The highest BCUT2D eigenvalue weighted by atomic mass is 35.5. The Morgan fingerprint density at radius 1 is 1.89 bits per heavy atom. The lowest BCUT2D eigenvalue weighted by Crippen LogP contribution is -2.23. The van der Waals surface area contributed by atoms with Crippen molar-refractivity contribution >= 4 is 17.8 Å². The molecule has 1 aliphatic rings. The number of aliphatic hydroxyl groups excluding tert-OH is 1. The van der Waals surface area contributed by atoms with E-state index in [1.54, 1.807) is 0 Å². The summed E-state index contributed by atoms with van der Waals surface area (Å²) in [6.45, 7) is 0. The number of hydrogen-bond acceptors (Lipinski definition) is 3. The highest BCUT2D eigenvalue weighted by Gasteiger charge is 2.12. The Kier molecular flexibility index (Phi) is 1.68. The SMILES string of the molecule is OC1N=CC(Cl)=CN1F. The van der Waals surface area contributed by atoms with Crippen LogP contribution in [-0.2, 0) is 0 Å². The highest BCUT2D eigenvalue weighted by Crippen LogP contribution is 2.10. The fraction of sp³-hybridized carbons (Fsp3) is 0.250. The molecule has 1 heterocycles. The maximum atomic E-state index is 12.1. The van der Waals surface area contributed by atoms with Crippen molar-refractivity contribution in [2.24, 2.45) is 4.99 Å². The Labute approximate surface area is 56.0 Å². The largest absolute Gasteiger partial charge is 0.353 e. The quantitative estimate of drug-likeness (QED) is 0.514. The van der Waals surface area contributed by atoms with Crippen LogP contribution in [0.15, 0.2) is 16.2 Å². The molecule has 0 aliphatic carbocycles. The fourth-order valence-electron chi connectivity index (χ4n) is 0.419. The molecule has 9 heavy (non-hydrogen) atoms. The first-order valence-electron chi connectivity index (χ1n) is 2.23. The summed E-state index contributed by atoms with van der Waals surface area (Å²) in [6.07, 6.45) is 0.689. The normalized spacial score (nSPS) is 26.3. The third-order valence-corrected chi connectivity index (χ3v) is 0.994. The smallest absolute Gasteiger partial charge is 0.252 e. The van der Waals surface area contributed by atoms with Crippen LogP contribution in [0.2, 0.25) is 0 Å². The summed E-state index contributed by atoms with van der Waals surface area (Å²) >= 11 is 5.30. The molecule has 1 rings (SSSR count). The lowest BCUT2D eigenvalue weighted by molar-refractivity contribution is -0.0778. The second-order valence-electron chi connectivity index (χ2n) is 1.48. The molecule has 0 bridgehead atoms. The summed E-state index contributed by atoms with van der Waals surface area (Å²) < 4.78 is 12.1. The summed E-state index contributed by atoms with van der Waals surface area (Å²) in [5, 5.41) is 8.72. The average Bonchev–Trinajstić information content (AvgIpc) is 1.80. The molecule has 1 aliphatic heterocycles. The summed E-state index contributed by atoms with van der Waals surface area (Å²) in [6, 6.07) is 0. The molecular formula is C4H4ClFN2O. The van der Waals surface area contributed by atoms with Crippen LogP contribution in [0.1, 0.15) is 0 Å². The second kappa shape index (κ2) is 2.33. The molecule has 0 aromatic rings. The van der Waals surface area contributed by atoms with E-state index in [1.807, 2.05) is 0 Å². The Morgan fingerprint density at radius 2 is 2.56 bits per heavy atom. The van der Waals surface area contributed by atoms with Crippen LogP contribution in [0.3, 0.4) is 0 Å². The predicted octanol–water partition coefficient (Wildman–Crippen LogP) is 0.613. The molecule has 1 unspecified atom stereocenters. The first-order valence-corrected chi connectivity index (χ1v) is 2.60. The fourth-order valence-corrected chi connectivity index (χ4v) is 0.569. The van der Waals surface area contributed by atoms with Crippen LogP contribution in [0, 0.1) is 0 Å². The monoisotopic (exact) mass is 150 g/mol. The van der Waals surface area contributed by atoms with E-state index < -0.39 is 6.35 Å². The first-order chi connectivity index (χ1) is 4.20. The first kappa shape index (κ1) is 6.51. The van der Waals surface area contributed by atoms with Gasteiger partial charge in [0.05, 0.1) is 11.2 Å². The number of hydrogen-bond donors (Lipinski definition) is 1. The van der Waals surface area contributed by atoms with Crippen molar-refractivity contribution in [3.63, 3.8) is 0 Å². The predicted molar refractivity (Wildman–Crippen MR) is 31.4 cm³/mol. The Bertz CT molecular complexity index is 170. The van der Waals surface area contributed by atoms with Crippen LogP contribution in [0.4, 0.5) is 4.48 Å². The number of rotatable bonds is 0. The van der Waals surface area contributed by atoms with Crippen molar-refractivity contribution in [3.8, 4) is 0 Å². The van der Waals surface area contributed by atoms with Gasteiger partial charge in [0, 0.05) is 6.21 Å². The molecule has 0 spiro atoms. The third-order valence-electron chi connectivity index (χ3n) is 0.798. The van der Waals surface area contributed by atoms with Gasteiger partial charge in [0.2, 0.25) is 0 Å². The van der Waals surface area contributed by atoms with Crippen molar-refractivity contribution in [3.05, 3.63) is 11.2 Å². The van der Waals surface area contributed by atoms with Gasteiger partial charge >= 0.3 is 0 Å². The highest BCUT2D eigenvalue weighted by molar-refractivity contribution is 6.39. The number of aliphatic imine (C=N–C) groups is 1. The molecule has 0 aromatic heterocycles. The van der Waals surface area contributed by atoms with Gasteiger partial charge in [-0.3, -0.25) is 0 Å². The molecule has 1 N–H and O–H groups in total. The van der Waals surface area contributed by atoms with Gasteiger partial charge in [-0.25, -0.2) is 4.99 Å². The summed E-state index contributed by atoms with van der Waals surface area (Å²) in [5.41, 5.74) is 0. The van der Waals surface area contributed by atoms with Gasteiger partial charge in [-0.05, 0) is 0 Å². The zero-order valence-electron chi connectivity index (χ0n) is 4.33. The van der Waals surface area contributed by atoms with Crippen LogP contribution in [0.5, 0.6) is 0 Å². The van der Waals surface area contributed by atoms with Crippen LogP contribution in [0.25, 0.3) is 0 Å². The molecule has 0 amide bonds. The van der Waals surface area contributed by atoms with Gasteiger partial charge in [-0.1, -0.05) is 16.1 Å². The number of allylic oxidation sites excluding steroid dienone is 1. The van der Waals surface area contributed by atoms with Crippen molar-refractivity contribution < 1.29 is 9.59 Å². The van der Waals surface area contributed by atoms with Gasteiger partial charge in [0.1, 0.15) is 0 Å². The molecule has 3 nitrogen and oxygen atoms in total. The van der Waals surface area contributed by atoms with Crippen LogP contribution in [-0.4, -0.2) is 22.8 Å². The maximum absolute atomic E-state index is 12.1. The zero-order chi connectivity index (χ0) is 6.85. The minimum absolute atomic E-state index is 0.0162. The molecule has 0 saturated heterocycles. The lowest BCUT2D eigenvalue weighted by atomic mass is 10.6. The van der Waals surface area contributed by atoms with E-state index in [2.05, 4.69) is 4.99 Å². The molecule has 0 radical (unpaired) electrons. The van der Waals surface area contributed by atoms with E-state index in [4.69, 9.17) is 16.7 Å². The van der Waals surface area contributed by atoms with Gasteiger partial charge in [0.25, 0.3) is 6.35 Å². The van der Waals surface area contributed by atoms with Crippen LogP contribution >= 0.6 is 11.6 Å². The van der Waals surface area contributed by atoms with Gasteiger partial charge < -0.3 is 5.11 Å². The molecule has 1 atom stereocenters. The van der Waals surface area contributed by atoms with E-state index in [0.717, 1.165) is 6.20 Å². The summed E-state index contributed by atoms with van der Waals surface area (Å²) in [5.74, 6) is 0. The number of halogens is 2. The Hall–Kier alpha value is -0.610. The second-order valence-corrected chi connectivity index (χ2v) is 1.92. The van der Waals surface area contributed by atoms with E-state index in [9.17, 15) is 4.48 Å². The average molecular weight is 151 g/mol. The van der Waals surface area contributed by atoms with Crippen molar-refractivity contribution in [2.45, 2.75) is 6.35 Å². The van der Waals surface area contributed by atoms with E-state index in [1.165, 1.54) is 6.21 Å². The zero-order valence-corrected chi connectivity index (χ0v) is 5.09. The topological polar surface area (TPSA) is 35.8 Å². The summed E-state index contributed by atoms with van der Waals surface area (Å²) in [7, 11) is 0. The lowest BCUT2D eigenvalue weighted by Gasteiger charge is -2.14. The molecule has 0 saturated carbocycles. The molecule has 0 aromatic carbocycles. The molecule has 0 fully saturated rings. The van der Waals surface area contributed by atoms with Gasteiger partial charge in [-0.2, -0.15) is 5.12 Å². The van der Waals surface area contributed by atoms with E-state index in [0.29, 0.717) is 0 Å². The van der Waals surface area contributed by atoms with Crippen molar-refractivity contribution in [1.29, 1.82) is 0 Å². The van der Waals surface area contributed by atoms with E-state index >= 15 is 0 Å². The van der Waals surface area contributed by atoms with Crippen molar-refractivity contribution in [2.75, 3.05) is 0 Å². The molecule has 50 valence electrons. The number of aliphatic hydroxyl groups is 1. The standard InChI is InChI=1S/C4H4ClFN2O/c5-3-1-7-4(9)8(6)2-3/h1-2,4,9H. The maximum Gasteiger partial charge on any atom is 0.252 e.